The smallest absolute Gasteiger partial charge is 0.241 e. The molecule has 0 aliphatic heterocycles. The van der Waals surface area contributed by atoms with Crippen LogP contribution in [-0.4, -0.2) is 32.4 Å². The number of hydrogen-bond donors (Lipinski definition) is 2. The standard InChI is InChI=1S/C13H14ClN3O3S/c1-2-15-13(18)8-16-21(19,20)10-4-5-11-9(7-10)3-6-12(14)17-11/h3-7,16H,2,8H2,1H3,(H,15,18). The molecule has 0 spiro atoms. The van der Waals surface area contributed by atoms with Crippen molar-refractivity contribution in [2.75, 3.05) is 13.1 Å². The topological polar surface area (TPSA) is 88.2 Å². The number of carbonyl (C=O) groups excluding carboxylic acids is 1. The number of nitrogens with one attached hydrogen (secondary N) is 2. The summed E-state index contributed by atoms with van der Waals surface area (Å²) >= 11 is 5.78. The number of halogens is 1. The number of rotatable bonds is 5. The van der Waals surface area contributed by atoms with Crippen LogP contribution in [0.3, 0.4) is 0 Å². The minimum atomic E-state index is -3.75. The van der Waals surface area contributed by atoms with Crippen molar-refractivity contribution in [1.82, 2.24) is 15.0 Å². The number of carbonyl (C=O) groups is 1. The number of aromatic nitrogens is 1. The summed E-state index contributed by atoms with van der Waals surface area (Å²) in [6.07, 6.45) is 0. The van der Waals surface area contributed by atoms with Crippen molar-refractivity contribution in [3.05, 3.63) is 35.5 Å². The molecule has 0 radical (unpaired) electrons. The monoisotopic (exact) mass is 327 g/mol. The van der Waals surface area contributed by atoms with E-state index >= 15 is 0 Å². The summed E-state index contributed by atoms with van der Waals surface area (Å²) < 4.78 is 26.5. The van der Waals surface area contributed by atoms with Crippen LogP contribution in [0.4, 0.5) is 0 Å². The summed E-state index contributed by atoms with van der Waals surface area (Å²) in [4.78, 5) is 15.5. The van der Waals surface area contributed by atoms with Crippen LogP contribution in [0.15, 0.2) is 35.2 Å². The van der Waals surface area contributed by atoms with E-state index in [1.54, 1.807) is 25.1 Å². The van der Waals surface area contributed by atoms with Gasteiger partial charge >= 0.3 is 0 Å². The van der Waals surface area contributed by atoms with Crippen LogP contribution < -0.4 is 10.0 Å². The summed E-state index contributed by atoms with van der Waals surface area (Å²) in [5.41, 5.74) is 0.602. The molecule has 21 heavy (non-hydrogen) atoms. The highest BCUT2D eigenvalue weighted by Crippen LogP contribution is 2.19. The quantitative estimate of drug-likeness (QED) is 0.810. The zero-order valence-corrected chi connectivity index (χ0v) is 12.8. The molecule has 1 aromatic heterocycles. The van der Waals surface area contributed by atoms with Crippen molar-refractivity contribution < 1.29 is 13.2 Å². The first-order valence-corrected chi connectivity index (χ1v) is 8.11. The lowest BCUT2D eigenvalue weighted by Gasteiger charge is -2.07. The molecule has 6 nitrogen and oxygen atoms in total. The molecule has 0 bridgehead atoms. The van der Waals surface area contributed by atoms with Gasteiger partial charge in [-0.05, 0) is 37.3 Å². The van der Waals surface area contributed by atoms with E-state index in [9.17, 15) is 13.2 Å². The molecule has 1 aromatic carbocycles. The van der Waals surface area contributed by atoms with Crippen LogP contribution in [0.25, 0.3) is 10.9 Å². The Morgan fingerprint density at radius 3 is 2.76 bits per heavy atom. The molecule has 1 heterocycles. The van der Waals surface area contributed by atoms with Crippen molar-refractivity contribution >= 4 is 38.4 Å². The fourth-order valence-electron chi connectivity index (χ4n) is 1.75. The lowest BCUT2D eigenvalue weighted by atomic mass is 10.2. The highest BCUT2D eigenvalue weighted by atomic mass is 35.5. The molecule has 2 rings (SSSR count). The van der Waals surface area contributed by atoms with Gasteiger partial charge in [0, 0.05) is 11.9 Å². The number of sulfonamides is 1. The number of nitrogens with zero attached hydrogens (tertiary/aromatic N) is 1. The highest BCUT2D eigenvalue weighted by molar-refractivity contribution is 7.89. The first kappa shape index (κ1) is 15.7. The van der Waals surface area contributed by atoms with Crippen LogP contribution >= 0.6 is 11.6 Å². The molecule has 0 fully saturated rings. The molecule has 1 amide bonds. The Morgan fingerprint density at radius 1 is 1.29 bits per heavy atom. The maximum Gasteiger partial charge on any atom is 0.241 e. The van der Waals surface area contributed by atoms with Crippen molar-refractivity contribution in [2.45, 2.75) is 11.8 Å². The van der Waals surface area contributed by atoms with Crippen molar-refractivity contribution in [3.63, 3.8) is 0 Å². The maximum absolute atomic E-state index is 12.1. The summed E-state index contributed by atoms with van der Waals surface area (Å²) in [5, 5.41) is 3.51. The molecule has 2 aromatic rings. The van der Waals surface area contributed by atoms with Crippen LogP contribution in [-0.2, 0) is 14.8 Å². The van der Waals surface area contributed by atoms with Gasteiger partial charge in [-0.1, -0.05) is 11.6 Å². The number of fused-ring (bicyclic) bond motifs is 1. The summed E-state index contributed by atoms with van der Waals surface area (Å²) in [7, 11) is -3.75. The molecule has 8 heteroatoms. The molecule has 112 valence electrons. The van der Waals surface area contributed by atoms with Crippen LogP contribution in [0.5, 0.6) is 0 Å². The Labute approximate surface area is 127 Å². The minimum Gasteiger partial charge on any atom is -0.355 e. The SMILES string of the molecule is CCNC(=O)CNS(=O)(=O)c1ccc2nc(Cl)ccc2c1. The van der Waals surface area contributed by atoms with Gasteiger partial charge in [-0.15, -0.1) is 0 Å². The first-order valence-electron chi connectivity index (χ1n) is 6.25. The van der Waals surface area contributed by atoms with Crippen LogP contribution in [0.2, 0.25) is 5.15 Å². The molecule has 0 aliphatic carbocycles. The predicted molar refractivity (Wildman–Crippen MR) is 80.6 cm³/mol. The average Bonchev–Trinajstić information content (AvgIpc) is 2.45. The van der Waals surface area contributed by atoms with Crippen LogP contribution in [0.1, 0.15) is 6.92 Å². The molecular weight excluding hydrogens is 314 g/mol. The predicted octanol–water partition coefficient (Wildman–Crippen LogP) is 1.30. The molecule has 0 aliphatic rings. The van der Waals surface area contributed by atoms with E-state index in [4.69, 9.17) is 11.6 Å². The van der Waals surface area contributed by atoms with Crippen molar-refractivity contribution in [2.24, 2.45) is 0 Å². The van der Waals surface area contributed by atoms with E-state index in [-0.39, 0.29) is 17.3 Å². The summed E-state index contributed by atoms with van der Waals surface area (Å²) in [5.74, 6) is -0.379. The van der Waals surface area contributed by atoms with Crippen LogP contribution in [0, 0.1) is 0 Å². The molecule has 0 atom stereocenters. The number of likely N-dealkylation sites (N-methyl/N-ethyl adjacent to an activating group) is 1. The minimum absolute atomic E-state index is 0.0726. The molecule has 0 saturated heterocycles. The fourth-order valence-corrected chi connectivity index (χ4v) is 2.92. The van der Waals surface area contributed by atoms with E-state index in [1.807, 2.05) is 0 Å². The number of benzene rings is 1. The van der Waals surface area contributed by atoms with E-state index in [1.165, 1.54) is 12.1 Å². The molecule has 0 saturated carbocycles. The average molecular weight is 328 g/mol. The molecular formula is C13H14ClN3O3S. The van der Waals surface area contributed by atoms with Gasteiger partial charge in [-0.25, -0.2) is 18.1 Å². The van der Waals surface area contributed by atoms with E-state index in [2.05, 4.69) is 15.0 Å². The van der Waals surface area contributed by atoms with Crippen molar-refractivity contribution in [3.8, 4) is 0 Å². The third-order valence-corrected chi connectivity index (χ3v) is 4.34. The number of amides is 1. The highest BCUT2D eigenvalue weighted by Gasteiger charge is 2.15. The van der Waals surface area contributed by atoms with E-state index in [0.717, 1.165) is 0 Å². The summed E-state index contributed by atoms with van der Waals surface area (Å²) in [6, 6.07) is 7.75. The van der Waals surface area contributed by atoms with Gasteiger partial charge in [0.25, 0.3) is 0 Å². The second-order valence-corrected chi connectivity index (χ2v) is 6.42. The van der Waals surface area contributed by atoms with Gasteiger partial charge in [0.05, 0.1) is 17.0 Å². The Kier molecular flexibility index (Phi) is 4.76. The Bertz CT molecular complexity index is 777. The number of pyridine rings is 1. The second-order valence-electron chi connectivity index (χ2n) is 4.27. The molecule has 0 unspecified atom stereocenters. The van der Waals surface area contributed by atoms with Gasteiger partial charge in [0.2, 0.25) is 15.9 Å². The van der Waals surface area contributed by atoms with Gasteiger partial charge in [-0.3, -0.25) is 4.79 Å². The second kappa shape index (κ2) is 6.38. The normalized spacial score (nSPS) is 11.5. The van der Waals surface area contributed by atoms with Gasteiger partial charge in [0.15, 0.2) is 0 Å². The Morgan fingerprint density at radius 2 is 2.05 bits per heavy atom. The first-order chi connectivity index (χ1) is 9.92. The third-order valence-electron chi connectivity index (χ3n) is 2.73. The zero-order valence-electron chi connectivity index (χ0n) is 11.3. The van der Waals surface area contributed by atoms with Gasteiger partial charge in [0.1, 0.15) is 5.15 Å². The van der Waals surface area contributed by atoms with Gasteiger partial charge in [-0.2, -0.15) is 0 Å². The lowest BCUT2D eigenvalue weighted by molar-refractivity contribution is -0.119. The molecule has 2 N–H and O–H groups in total. The zero-order chi connectivity index (χ0) is 15.5. The number of hydrogen-bond acceptors (Lipinski definition) is 4. The Hall–Kier alpha value is -1.70. The van der Waals surface area contributed by atoms with Gasteiger partial charge < -0.3 is 5.32 Å². The van der Waals surface area contributed by atoms with Crippen molar-refractivity contribution in [1.29, 1.82) is 0 Å². The lowest BCUT2D eigenvalue weighted by Crippen LogP contribution is -2.36. The summed E-state index contributed by atoms with van der Waals surface area (Å²) in [6.45, 7) is 1.91. The fraction of sp³-hybridized carbons (Fsp3) is 0.231. The Balaban J connectivity index is 2.24. The van der Waals surface area contributed by atoms with E-state index < -0.39 is 10.0 Å². The maximum atomic E-state index is 12.1. The third kappa shape index (κ3) is 3.90. The largest absolute Gasteiger partial charge is 0.355 e. The van der Waals surface area contributed by atoms with E-state index in [0.29, 0.717) is 22.6 Å².